The summed E-state index contributed by atoms with van der Waals surface area (Å²) in [5, 5.41) is 4.57. The highest BCUT2D eigenvalue weighted by Crippen LogP contribution is 2.19. The van der Waals surface area contributed by atoms with Gasteiger partial charge in [-0.05, 0) is 25.2 Å². The predicted molar refractivity (Wildman–Crippen MR) is 44.1 cm³/mol. The first-order valence-electron chi connectivity index (χ1n) is 4.45. The third-order valence-corrected chi connectivity index (χ3v) is 2.17. The fraction of sp³-hybridized carbons (Fsp3) is 1.00. The first kappa shape index (κ1) is 8.06. The third-order valence-electron chi connectivity index (χ3n) is 2.17. The van der Waals surface area contributed by atoms with Gasteiger partial charge in [0.1, 0.15) is 0 Å². The molecule has 0 unspecified atom stereocenters. The zero-order valence-electron chi connectivity index (χ0n) is 7.14. The van der Waals surface area contributed by atoms with E-state index in [0.717, 1.165) is 18.5 Å². The van der Waals surface area contributed by atoms with Crippen LogP contribution in [0.4, 0.5) is 0 Å². The molecular weight excluding hydrogens is 122 g/mol. The molecule has 0 spiro atoms. The monoisotopic (exact) mass is 140 g/mol. The highest BCUT2D eigenvalue weighted by molar-refractivity contribution is 4.75. The maximum atomic E-state index is 4.57. The topological polar surface area (TPSA) is 14.1 Å². The Morgan fingerprint density at radius 1 is 1.40 bits per heavy atom. The van der Waals surface area contributed by atoms with E-state index in [-0.39, 0.29) is 0 Å². The van der Waals surface area contributed by atoms with Crippen LogP contribution in [0.3, 0.4) is 0 Å². The molecule has 1 heteroatoms. The fourth-order valence-electron chi connectivity index (χ4n) is 1.08. The van der Waals surface area contributed by atoms with Crippen LogP contribution in [0, 0.1) is 5.92 Å². The van der Waals surface area contributed by atoms with E-state index < -0.39 is 0 Å². The zero-order valence-corrected chi connectivity index (χ0v) is 7.14. The van der Waals surface area contributed by atoms with Crippen LogP contribution in [-0.2, 0) is 0 Å². The molecule has 0 aromatic carbocycles. The van der Waals surface area contributed by atoms with Crippen LogP contribution in [-0.4, -0.2) is 12.6 Å². The van der Waals surface area contributed by atoms with Crippen molar-refractivity contribution in [2.45, 2.75) is 45.6 Å². The summed E-state index contributed by atoms with van der Waals surface area (Å²) >= 11 is 0. The van der Waals surface area contributed by atoms with E-state index in [2.05, 4.69) is 19.2 Å². The Labute approximate surface area is 64.2 Å². The molecule has 0 saturated heterocycles. The normalized spacial score (nSPS) is 19.5. The molecule has 10 heavy (non-hydrogen) atoms. The van der Waals surface area contributed by atoms with Gasteiger partial charge in [-0.3, -0.25) is 0 Å². The lowest BCUT2D eigenvalue weighted by atomic mass is 9.93. The van der Waals surface area contributed by atoms with Gasteiger partial charge in [0.15, 0.2) is 0 Å². The van der Waals surface area contributed by atoms with E-state index in [4.69, 9.17) is 0 Å². The van der Waals surface area contributed by atoms with Gasteiger partial charge in [-0.15, -0.1) is 0 Å². The van der Waals surface area contributed by atoms with Gasteiger partial charge in [-0.1, -0.05) is 20.3 Å². The van der Waals surface area contributed by atoms with Gasteiger partial charge in [0, 0.05) is 12.6 Å². The Kier molecular flexibility index (Phi) is 3.20. The predicted octanol–water partition coefficient (Wildman–Crippen LogP) is 2.19. The molecule has 1 radical (unpaired) electrons. The molecule has 0 heterocycles. The third kappa shape index (κ3) is 2.70. The summed E-state index contributed by atoms with van der Waals surface area (Å²) in [6, 6.07) is 0.749. The largest absolute Gasteiger partial charge is 0.238 e. The van der Waals surface area contributed by atoms with E-state index >= 15 is 0 Å². The van der Waals surface area contributed by atoms with Crippen molar-refractivity contribution >= 4 is 0 Å². The summed E-state index contributed by atoms with van der Waals surface area (Å²) in [5.41, 5.74) is 0. The summed E-state index contributed by atoms with van der Waals surface area (Å²) in [6.45, 7) is 5.62. The zero-order chi connectivity index (χ0) is 7.40. The Morgan fingerprint density at radius 2 is 2.10 bits per heavy atom. The molecule has 1 aliphatic rings. The molecular formula is C9H18N. The summed E-state index contributed by atoms with van der Waals surface area (Å²) < 4.78 is 0. The van der Waals surface area contributed by atoms with Crippen molar-refractivity contribution in [1.29, 1.82) is 0 Å². The molecule has 0 atom stereocenters. The van der Waals surface area contributed by atoms with Gasteiger partial charge in [-0.25, -0.2) is 5.32 Å². The minimum Gasteiger partial charge on any atom is -0.238 e. The molecule has 1 aliphatic carbocycles. The van der Waals surface area contributed by atoms with Crippen LogP contribution in [0.1, 0.15) is 39.5 Å². The second-order valence-corrected chi connectivity index (χ2v) is 3.67. The summed E-state index contributed by atoms with van der Waals surface area (Å²) in [4.78, 5) is 0. The maximum absolute atomic E-state index is 4.57. The summed E-state index contributed by atoms with van der Waals surface area (Å²) in [5.74, 6) is 0.823. The Morgan fingerprint density at radius 3 is 2.50 bits per heavy atom. The lowest BCUT2D eigenvalue weighted by Gasteiger charge is -2.24. The van der Waals surface area contributed by atoms with Crippen molar-refractivity contribution in [3.05, 3.63) is 0 Å². The number of rotatable bonds is 4. The van der Waals surface area contributed by atoms with E-state index in [1.54, 1.807) is 0 Å². The van der Waals surface area contributed by atoms with Crippen LogP contribution in [0.2, 0.25) is 0 Å². The smallest absolute Gasteiger partial charge is 0.0246 e. The van der Waals surface area contributed by atoms with Gasteiger partial charge in [-0.2, -0.15) is 0 Å². The highest BCUT2D eigenvalue weighted by Gasteiger charge is 2.16. The molecule has 1 nitrogen and oxygen atoms in total. The van der Waals surface area contributed by atoms with Crippen LogP contribution in [0.5, 0.6) is 0 Å². The minimum atomic E-state index is 0.749. The van der Waals surface area contributed by atoms with Gasteiger partial charge in [0.05, 0.1) is 0 Å². The summed E-state index contributed by atoms with van der Waals surface area (Å²) in [6.07, 6.45) is 5.41. The van der Waals surface area contributed by atoms with Gasteiger partial charge < -0.3 is 0 Å². The standard InChI is InChI=1S/C9H18N/c1-8(2)6-7-10-9-4-3-5-9/h8-9H,3-7H2,1-2H3. The first-order chi connectivity index (χ1) is 4.79. The van der Waals surface area contributed by atoms with E-state index in [1.165, 1.54) is 25.7 Å². The molecule has 1 saturated carbocycles. The number of hydrogen-bond donors (Lipinski definition) is 0. The van der Waals surface area contributed by atoms with Crippen molar-refractivity contribution in [2.24, 2.45) is 5.92 Å². The van der Waals surface area contributed by atoms with E-state index in [1.807, 2.05) is 0 Å². The van der Waals surface area contributed by atoms with Crippen molar-refractivity contribution in [3.8, 4) is 0 Å². The second kappa shape index (κ2) is 3.97. The van der Waals surface area contributed by atoms with Crippen LogP contribution >= 0.6 is 0 Å². The van der Waals surface area contributed by atoms with Crippen molar-refractivity contribution in [2.75, 3.05) is 6.54 Å². The minimum absolute atomic E-state index is 0.749. The lowest BCUT2D eigenvalue weighted by molar-refractivity contribution is 0.325. The van der Waals surface area contributed by atoms with Crippen molar-refractivity contribution in [1.82, 2.24) is 5.32 Å². The summed E-state index contributed by atoms with van der Waals surface area (Å²) in [7, 11) is 0. The maximum Gasteiger partial charge on any atom is 0.0246 e. The Bertz CT molecular complexity index is 84.7. The van der Waals surface area contributed by atoms with Crippen LogP contribution in [0.15, 0.2) is 0 Å². The lowest BCUT2D eigenvalue weighted by Crippen LogP contribution is -2.30. The SMILES string of the molecule is CC(C)CC[N]C1CCC1. The van der Waals surface area contributed by atoms with E-state index in [0.29, 0.717) is 0 Å². The number of hydrogen-bond acceptors (Lipinski definition) is 0. The van der Waals surface area contributed by atoms with Crippen LogP contribution in [0.25, 0.3) is 0 Å². The molecule has 1 fully saturated rings. The highest BCUT2D eigenvalue weighted by atomic mass is 14.9. The molecule has 0 amide bonds. The van der Waals surface area contributed by atoms with E-state index in [9.17, 15) is 0 Å². The van der Waals surface area contributed by atoms with Gasteiger partial charge >= 0.3 is 0 Å². The molecule has 0 bridgehead atoms. The molecule has 0 N–H and O–H groups in total. The van der Waals surface area contributed by atoms with Crippen LogP contribution < -0.4 is 5.32 Å². The van der Waals surface area contributed by atoms with Gasteiger partial charge in [0.2, 0.25) is 0 Å². The average Bonchev–Trinajstić information content (AvgIpc) is 1.75. The average molecular weight is 140 g/mol. The quantitative estimate of drug-likeness (QED) is 0.568. The van der Waals surface area contributed by atoms with Crippen molar-refractivity contribution < 1.29 is 0 Å². The molecule has 0 aromatic rings. The molecule has 1 rings (SSSR count). The molecule has 0 aliphatic heterocycles. The van der Waals surface area contributed by atoms with Crippen molar-refractivity contribution in [3.63, 3.8) is 0 Å². The Balaban J connectivity index is 1.85. The second-order valence-electron chi connectivity index (χ2n) is 3.67. The number of nitrogens with zero attached hydrogens (tertiary/aromatic N) is 1. The first-order valence-corrected chi connectivity index (χ1v) is 4.45. The van der Waals surface area contributed by atoms with Gasteiger partial charge in [0.25, 0.3) is 0 Å². The molecule has 0 aromatic heterocycles. The fourth-order valence-corrected chi connectivity index (χ4v) is 1.08. The molecule has 59 valence electrons. The Hall–Kier alpha value is -0.0400.